The molecular formula is C16H27Cl2FN2O. The molecule has 0 spiro atoms. The first kappa shape index (κ1) is 21.4. The van der Waals surface area contributed by atoms with E-state index in [-0.39, 0.29) is 36.7 Å². The molecule has 1 heterocycles. The van der Waals surface area contributed by atoms with Crippen molar-refractivity contribution < 1.29 is 9.13 Å². The van der Waals surface area contributed by atoms with Crippen molar-refractivity contribution in [3.63, 3.8) is 0 Å². The average molecular weight is 353 g/mol. The van der Waals surface area contributed by atoms with Gasteiger partial charge in [-0.3, -0.25) is 4.90 Å². The van der Waals surface area contributed by atoms with Gasteiger partial charge in [0.25, 0.3) is 0 Å². The molecule has 0 unspecified atom stereocenters. The lowest BCUT2D eigenvalue weighted by molar-refractivity contribution is 0.150. The van der Waals surface area contributed by atoms with Crippen LogP contribution in [0.4, 0.5) is 4.39 Å². The molecule has 0 saturated carbocycles. The maximum Gasteiger partial charge on any atom is 0.169 e. The minimum atomic E-state index is -0.209. The van der Waals surface area contributed by atoms with Crippen LogP contribution in [-0.2, 0) is 0 Å². The number of benzene rings is 1. The highest BCUT2D eigenvalue weighted by Crippen LogP contribution is 2.33. The van der Waals surface area contributed by atoms with Gasteiger partial charge in [0.2, 0.25) is 0 Å². The molecule has 128 valence electrons. The Morgan fingerprint density at radius 3 is 2.41 bits per heavy atom. The minimum absolute atomic E-state index is 0. The monoisotopic (exact) mass is 352 g/mol. The highest BCUT2D eigenvalue weighted by Gasteiger charge is 2.26. The van der Waals surface area contributed by atoms with Gasteiger partial charge in [-0.1, -0.05) is 26.0 Å². The van der Waals surface area contributed by atoms with Crippen LogP contribution in [-0.4, -0.2) is 38.2 Å². The molecule has 6 heteroatoms. The summed E-state index contributed by atoms with van der Waals surface area (Å²) in [6, 6.07) is 5.59. The van der Waals surface area contributed by atoms with Crippen LogP contribution in [0.5, 0.6) is 5.75 Å². The smallest absolute Gasteiger partial charge is 0.169 e. The Kier molecular flexibility index (Phi) is 10.0. The second kappa shape index (κ2) is 10.3. The number of hydrogen-bond acceptors (Lipinski definition) is 3. The third kappa shape index (κ3) is 5.27. The number of piperazine rings is 1. The first-order valence-corrected chi connectivity index (χ1v) is 7.40. The van der Waals surface area contributed by atoms with E-state index in [1.165, 1.54) is 7.11 Å². The Bertz CT molecular complexity index is 440. The fourth-order valence-electron chi connectivity index (χ4n) is 2.86. The molecule has 0 amide bonds. The van der Waals surface area contributed by atoms with Crippen molar-refractivity contribution in [1.29, 1.82) is 0 Å². The van der Waals surface area contributed by atoms with E-state index >= 15 is 0 Å². The van der Waals surface area contributed by atoms with Gasteiger partial charge in [-0.05, 0) is 18.4 Å². The van der Waals surface area contributed by atoms with Crippen LogP contribution in [0.1, 0.15) is 31.9 Å². The Morgan fingerprint density at radius 1 is 1.23 bits per heavy atom. The molecule has 1 aromatic rings. The third-order valence-electron chi connectivity index (χ3n) is 3.86. The van der Waals surface area contributed by atoms with Gasteiger partial charge in [0, 0.05) is 37.8 Å². The van der Waals surface area contributed by atoms with Crippen molar-refractivity contribution in [2.24, 2.45) is 5.92 Å². The van der Waals surface area contributed by atoms with Crippen molar-refractivity contribution in [1.82, 2.24) is 10.2 Å². The van der Waals surface area contributed by atoms with Gasteiger partial charge in [-0.2, -0.15) is 0 Å². The topological polar surface area (TPSA) is 24.5 Å². The molecule has 2 rings (SSSR count). The molecule has 0 aromatic heterocycles. The normalized spacial score (nSPS) is 16.6. The first-order chi connectivity index (χ1) is 9.63. The molecule has 22 heavy (non-hydrogen) atoms. The van der Waals surface area contributed by atoms with E-state index in [1.807, 2.05) is 12.1 Å². The van der Waals surface area contributed by atoms with Crippen molar-refractivity contribution in [2.75, 3.05) is 33.3 Å². The molecule has 1 fully saturated rings. The van der Waals surface area contributed by atoms with Crippen molar-refractivity contribution in [2.45, 2.75) is 26.3 Å². The lowest BCUT2D eigenvalue weighted by Gasteiger charge is -2.36. The zero-order valence-corrected chi connectivity index (χ0v) is 15.1. The fraction of sp³-hybridized carbons (Fsp3) is 0.625. The predicted octanol–water partition coefficient (Wildman–Crippen LogP) is 3.67. The third-order valence-corrected chi connectivity index (χ3v) is 3.86. The van der Waals surface area contributed by atoms with Gasteiger partial charge in [0.05, 0.1) is 7.11 Å². The van der Waals surface area contributed by atoms with E-state index in [0.29, 0.717) is 11.7 Å². The summed E-state index contributed by atoms with van der Waals surface area (Å²) in [6.07, 6.45) is 0.962. The Labute approximate surface area is 145 Å². The summed E-state index contributed by atoms with van der Waals surface area (Å²) in [6.45, 7) is 8.25. The van der Waals surface area contributed by atoms with E-state index in [0.717, 1.165) is 38.2 Å². The molecular weight excluding hydrogens is 326 g/mol. The number of nitrogens with one attached hydrogen (secondary N) is 1. The van der Waals surface area contributed by atoms with E-state index < -0.39 is 0 Å². The van der Waals surface area contributed by atoms with Crippen molar-refractivity contribution >= 4 is 24.8 Å². The summed E-state index contributed by atoms with van der Waals surface area (Å²) in [5.74, 6) is 0.658. The van der Waals surface area contributed by atoms with Crippen LogP contribution >= 0.6 is 24.8 Å². The Morgan fingerprint density at radius 2 is 1.86 bits per heavy atom. The van der Waals surface area contributed by atoms with Gasteiger partial charge >= 0.3 is 0 Å². The van der Waals surface area contributed by atoms with Crippen LogP contribution in [0, 0.1) is 11.7 Å². The lowest BCUT2D eigenvalue weighted by atomic mass is 9.94. The van der Waals surface area contributed by atoms with Gasteiger partial charge in [-0.15, -0.1) is 24.8 Å². The number of methoxy groups -OCH3 is 1. The molecule has 1 N–H and O–H groups in total. The summed E-state index contributed by atoms with van der Waals surface area (Å²) in [4.78, 5) is 2.38. The Hall–Kier alpha value is -0.550. The maximum atomic E-state index is 14.6. The molecule has 1 saturated heterocycles. The standard InChI is InChI=1S/C16H25FN2O.2ClH/c1-12(2)11-14(19-9-7-18-8-10-19)13-5-4-6-15(20-3)16(13)17;;/h4-6,12,14,18H,7-11H2,1-3H3;2*1H/t14-;;/m0../s1. The van der Waals surface area contributed by atoms with Crippen LogP contribution < -0.4 is 10.1 Å². The molecule has 1 aromatic carbocycles. The highest BCUT2D eigenvalue weighted by molar-refractivity contribution is 5.85. The number of rotatable bonds is 5. The average Bonchev–Trinajstić information content (AvgIpc) is 2.46. The summed E-state index contributed by atoms with van der Waals surface area (Å²) >= 11 is 0. The van der Waals surface area contributed by atoms with E-state index in [9.17, 15) is 4.39 Å². The summed E-state index contributed by atoms with van der Waals surface area (Å²) in [7, 11) is 1.52. The Balaban J connectivity index is 0.00000220. The largest absolute Gasteiger partial charge is 0.494 e. The maximum absolute atomic E-state index is 14.6. The first-order valence-electron chi connectivity index (χ1n) is 7.40. The van der Waals surface area contributed by atoms with Gasteiger partial charge in [0.1, 0.15) is 0 Å². The van der Waals surface area contributed by atoms with Crippen LogP contribution in [0.25, 0.3) is 0 Å². The number of ether oxygens (including phenoxy) is 1. The van der Waals surface area contributed by atoms with Gasteiger partial charge in [0.15, 0.2) is 11.6 Å². The summed E-state index contributed by atoms with van der Waals surface area (Å²) in [5.41, 5.74) is 0.764. The minimum Gasteiger partial charge on any atom is -0.494 e. The predicted molar refractivity (Wildman–Crippen MR) is 94.1 cm³/mol. The fourth-order valence-corrected chi connectivity index (χ4v) is 2.86. The van der Waals surface area contributed by atoms with Gasteiger partial charge < -0.3 is 10.1 Å². The molecule has 3 nitrogen and oxygen atoms in total. The zero-order valence-electron chi connectivity index (χ0n) is 13.5. The summed E-state index contributed by atoms with van der Waals surface area (Å²) in [5, 5.41) is 3.35. The van der Waals surface area contributed by atoms with E-state index in [1.54, 1.807) is 6.07 Å². The van der Waals surface area contributed by atoms with Gasteiger partial charge in [-0.25, -0.2) is 4.39 Å². The number of halogens is 3. The quantitative estimate of drug-likeness (QED) is 0.874. The molecule has 0 radical (unpaired) electrons. The molecule has 0 aliphatic carbocycles. The number of nitrogens with zero attached hydrogens (tertiary/aromatic N) is 1. The van der Waals surface area contributed by atoms with Crippen LogP contribution in [0.2, 0.25) is 0 Å². The van der Waals surface area contributed by atoms with E-state index in [2.05, 4.69) is 24.1 Å². The molecule has 1 atom stereocenters. The van der Waals surface area contributed by atoms with Crippen molar-refractivity contribution in [3.05, 3.63) is 29.6 Å². The molecule has 0 bridgehead atoms. The molecule has 1 aliphatic heterocycles. The lowest BCUT2D eigenvalue weighted by Crippen LogP contribution is -2.45. The van der Waals surface area contributed by atoms with Crippen LogP contribution in [0.3, 0.4) is 0 Å². The molecule has 1 aliphatic rings. The number of hydrogen-bond donors (Lipinski definition) is 1. The second-order valence-corrected chi connectivity index (χ2v) is 5.79. The van der Waals surface area contributed by atoms with E-state index in [4.69, 9.17) is 4.74 Å². The highest BCUT2D eigenvalue weighted by atomic mass is 35.5. The van der Waals surface area contributed by atoms with Crippen molar-refractivity contribution in [3.8, 4) is 5.75 Å². The second-order valence-electron chi connectivity index (χ2n) is 5.79. The summed E-state index contributed by atoms with van der Waals surface area (Å²) < 4.78 is 19.7. The zero-order chi connectivity index (χ0) is 14.5. The SMILES string of the molecule is COc1cccc([C@H](CC(C)C)N2CCNCC2)c1F.Cl.Cl. The van der Waals surface area contributed by atoms with Crippen LogP contribution in [0.15, 0.2) is 18.2 Å².